The van der Waals surface area contributed by atoms with Crippen molar-refractivity contribution in [2.45, 2.75) is 26.1 Å². The summed E-state index contributed by atoms with van der Waals surface area (Å²) in [5.41, 5.74) is 2.56. The summed E-state index contributed by atoms with van der Waals surface area (Å²) in [6.45, 7) is 5.49. The van der Waals surface area contributed by atoms with Crippen LogP contribution in [-0.4, -0.2) is 52.5 Å². The fraction of sp³-hybridized carbons (Fsp3) is 0.333. The van der Waals surface area contributed by atoms with Crippen molar-refractivity contribution in [3.8, 4) is 5.75 Å². The van der Waals surface area contributed by atoms with Gasteiger partial charge in [0.15, 0.2) is 4.77 Å². The summed E-state index contributed by atoms with van der Waals surface area (Å²) in [6.07, 6.45) is 1.76. The lowest BCUT2D eigenvalue weighted by Crippen LogP contribution is -2.47. The van der Waals surface area contributed by atoms with E-state index in [1.54, 1.807) is 18.4 Å². The fourth-order valence-electron chi connectivity index (χ4n) is 4.52. The van der Waals surface area contributed by atoms with Gasteiger partial charge in [-0.3, -0.25) is 4.90 Å². The molecule has 3 heterocycles. The van der Waals surface area contributed by atoms with Crippen LogP contribution in [-0.2, 0) is 26.1 Å². The minimum absolute atomic E-state index is 0.727. The number of hydrogen-bond donors (Lipinski definition) is 0. The third kappa shape index (κ3) is 5.83. The average molecular weight is 506 g/mol. The van der Waals surface area contributed by atoms with Crippen LogP contribution in [0.15, 0.2) is 72.1 Å². The number of piperazine rings is 1. The Morgan fingerprint density at radius 1 is 0.943 bits per heavy atom. The molecule has 0 amide bonds. The normalized spacial score (nSPS) is 14.4. The van der Waals surface area contributed by atoms with Gasteiger partial charge < -0.3 is 14.2 Å². The molecule has 35 heavy (non-hydrogen) atoms. The smallest absolute Gasteiger partial charge is 0.199 e. The molecular weight excluding hydrogens is 474 g/mol. The zero-order valence-electron chi connectivity index (χ0n) is 20.0. The lowest BCUT2D eigenvalue weighted by Gasteiger charge is -2.35. The summed E-state index contributed by atoms with van der Waals surface area (Å²) >= 11 is 7.71. The van der Waals surface area contributed by atoms with Crippen LogP contribution in [0.3, 0.4) is 0 Å². The maximum Gasteiger partial charge on any atom is 0.199 e. The molecule has 182 valence electrons. The predicted molar refractivity (Wildman–Crippen MR) is 145 cm³/mol. The van der Waals surface area contributed by atoms with E-state index >= 15 is 0 Å². The van der Waals surface area contributed by atoms with E-state index in [0.717, 1.165) is 68.6 Å². The first-order valence-electron chi connectivity index (χ1n) is 12.0. The van der Waals surface area contributed by atoms with Crippen molar-refractivity contribution in [3.05, 3.63) is 93.1 Å². The van der Waals surface area contributed by atoms with Crippen LogP contribution < -0.4 is 9.64 Å². The molecule has 2 aromatic carbocycles. The van der Waals surface area contributed by atoms with E-state index < -0.39 is 0 Å². The molecule has 8 heteroatoms. The zero-order chi connectivity index (χ0) is 24.0. The first kappa shape index (κ1) is 23.8. The topological polar surface area (TPSA) is 38.5 Å². The molecule has 0 saturated carbocycles. The number of methoxy groups -OCH3 is 1. The highest BCUT2D eigenvalue weighted by Gasteiger charge is 2.20. The van der Waals surface area contributed by atoms with Gasteiger partial charge in [-0.25, -0.2) is 4.68 Å². The Balaban J connectivity index is 1.27. The van der Waals surface area contributed by atoms with Gasteiger partial charge in [-0.1, -0.05) is 36.4 Å². The van der Waals surface area contributed by atoms with Crippen LogP contribution >= 0.6 is 23.6 Å². The highest BCUT2D eigenvalue weighted by Crippen LogP contribution is 2.21. The van der Waals surface area contributed by atoms with Gasteiger partial charge >= 0.3 is 0 Å². The number of rotatable bonds is 9. The minimum Gasteiger partial charge on any atom is -0.497 e. The summed E-state index contributed by atoms with van der Waals surface area (Å²) < 4.78 is 10.4. The van der Waals surface area contributed by atoms with Gasteiger partial charge in [-0.2, -0.15) is 5.10 Å². The van der Waals surface area contributed by atoms with Crippen molar-refractivity contribution >= 4 is 29.2 Å². The molecule has 1 saturated heterocycles. The van der Waals surface area contributed by atoms with Crippen LogP contribution in [0.1, 0.15) is 16.3 Å². The van der Waals surface area contributed by atoms with Crippen LogP contribution in [0.25, 0.3) is 0 Å². The Hall–Kier alpha value is -2.94. The monoisotopic (exact) mass is 505 g/mol. The molecule has 4 aromatic rings. The van der Waals surface area contributed by atoms with Crippen molar-refractivity contribution in [1.82, 2.24) is 19.2 Å². The molecule has 1 aliphatic rings. The summed E-state index contributed by atoms with van der Waals surface area (Å²) in [7, 11) is 1.70. The Bertz CT molecular complexity index is 1260. The second kappa shape index (κ2) is 11.2. The predicted octanol–water partition coefficient (Wildman–Crippen LogP) is 5.10. The minimum atomic E-state index is 0.727. The third-order valence-electron chi connectivity index (χ3n) is 6.52. The van der Waals surface area contributed by atoms with E-state index in [2.05, 4.69) is 74.3 Å². The van der Waals surface area contributed by atoms with Crippen molar-refractivity contribution < 1.29 is 4.74 Å². The highest BCUT2D eigenvalue weighted by molar-refractivity contribution is 7.71. The number of thiophene rings is 1. The molecular formula is C27H31N5OS2. The second-order valence-electron chi connectivity index (χ2n) is 8.79. The van der Waals surface area contributed by atoms with E-state index in [-0.39, 0.29) is 0 Å². The van der Waals surface area contributed by atoms with E-state index in [4.69, 9.17) is 22.1 Å². The standard InChI is InChI=1S/C27H31N5OS2/c1-33-24-11-9-23(10-12-24)30-17-15-29(16-18-30)21-32-27(34)31(14-13-22-6-3-2-4-7-22)26(28-32)20-25-8-5-19-35-25/h2-12,19H,13-18,20-21H2,1H3. The molecule has 0 bridgehead atoms. The summed E-state index contributed by atoms with van der Waals surface area (Å²) in [4.78, 5) is 6.18. The Morgan fingerprint density at radius 3 is 2.40 bits per heavy atom. The van der Waals surface area contributed by atoms with Gasteiger partial charge in [0.1, 0.15) is 11.6 Å². The first-order chi connectivity index (χ1) is 17.2. The Kier molecular flexibility index (Phi) is 7.61. The summed E-state index contributed by atoms with van der Waals surface area (Å²) in [6, 6.07) is 23.2. The van der Waals surface area contributed by atoms with Crippen molar-refractivity contribution in [3.63, 3.8) is 0 Å². The fourth-order valence-corrected chi connectivity index (χ4v) is 5.51. The van der Waals surface area contributed by atoms with Crippen molar-refractivity contribution in [1.29, 1.82) is 0 Å². The average Bonchev–Trinajstić information content (AvgIpc) is 3.52. The Morgan fingerprint density at radius 2 is 1.71 bits per heavy atom. The number of aryl methyl sites for hydroxylation is 1. The van der Waals surface area contributed by atoms with E-state index in [9.17, 15) is 0 Å². The number of hydrogen-bond acceptors (Lipinski definition) is 6. The molecule has 0 atom stereocenters. The highest BCUT2D eigenvalue weighted by atomic mass is 32.1. The molecule has 1 aliphatic heterocycles. The van der Waals surface area contributed by atoms with Gasteiger partial charge in [-0.15, -0.1) is 11.3 Å². The number of benzene rings is 2. The summed E-state index contributed by atoms with van der Waals surface area (Å²) in [5.74, 6) is 1.94. The lowest BCUT2D eigenvalue weighted by molar-refractivity contribution is 0.194. The van der Waals surface area contributed by atoms with Gasteiger partial charge in [0.05, 0.1) is 13.8 Å². The third-order valence-corrected chi connectivity index (χ3v) is 7.83. The van der Waals surface area contributed by atoms with Gasteiger partial charge in [0, 0.05) is 49.7 Å². The van der Waals surface area contributed by atoms with Crippen LogP contribution in [0.2, 0.25) is 0 Å². The number of nitrogens with zero attached hydrogens (tertiary/aromatic N) is 5. The molecule has 5 rings (SSSR count). The molecule has 6 nitrogen and oxygen atoms in total. The zero-order valence-corrected chi connectivity index (χ0v) is 21.7. The van der Waals surface area contributed by atoms with E-state index in [0.29, 0.717) is 0 Å². The molecule has 2 aromatic heterocycles. The quantitative estimate of drug-likeness (QED) is 0.296. The molecule has 0 radical (unpaired) electrons. The molecule has 1 fully saturated rings. The first-order valence-corrected chi connectivity index (χ1v) is 13.3. The van der Waals surface area contributed by atoms with Gasteiger partial charge in [-0.05, 0) is 59.9 Å². The molecule has 0 spiro atoms. The SMILES string of the molecule is COc1ccc(N2CCN(Cn3nc(Cc4cccs4)n(CCc4ccccc4)c3=S)CC2)cc1. The summed E-state index contributed by atoms with van der Waals surface area (Å²) in [5, 5.41) is 7.12. The van der Waals surface area contributed by atoms with Gasteiger partial charge in [0.2, 0.25) is 0 Å². The van der Waals surface area contributed by atoms with Crippen LogP contribution in [0.4, 0.5) is 5.69 Å². The van der Waals surface area contributed by atoms with Crippen LogP contribution in [0, 0.1) is 4.77 Å². The van der Waals surface area contributed by atoms with Crippen LogP contribution in [0.5, 0.6) is 5.75 Å². The maximum atomic E-state index is 5.93. The largest absolute Gasteiger partial charge is 0.497 e. The van der Waals surface area contributed by atoms with Crippen molar-refractivity contribution in [2.75, 3.05) is 38.2 Å². The number of aromatic nitrogens is 3. The lowest BCUT2D eigenvalue weighted by atomic mass is 10.1. The molecule has 0 unspecified atom stereocenters. The van der Waals surface area contributed by atoms with Crippen molar-refractivity contribution in [2.24, 2.45) is 0 Å². The Labute approximate surface area is 216 Å². The molecule has 0 aliphatic carbocycles. The van der Waals surface area contributed by atoms with E-state index in [1.165, 1.54) is 16.1 Å². The van der Waals surface area contributed by atoms with E-state index in [1.807, 2.05) is 16.8 Å². The molecule has 0 N–H and O–H groups in total. The maximum absolute atomic E-state index is 5.93. The second-order valence-corrected chi connectivity index (χ2v) is 10.2. The van der Waals surface area contributed by atoms with Gasteiger partial charge in [0.25, 0.3) is 0 Å². The number of ether oxygens (including phenoxy) is 1. The number of anilines is 1.